The van der Waals surface area contributed by atoms with Crippen molar-refractivity contribution in [1.82, 2.24) is 10.3 Å². The van der Waals surface area contributed by atoms with Crippen LogP contribution < -0.4 is 19.7 Å². The number of anilines is 1. The molecule has 1 aromatic heterocycles. The maximum absolute atomic E-state index is 12.3. The Morgan fingerprint density at radius 1 is 1.20 bits per heavy atom. The molecule has 0 atom stereocenters. The molecule has 0 radical (unpaired) electrons. The van der Waals surface area contributed by atoms with Gasteiger partial charge in [-0.15, -0.1) is 13.2 Å². The number of carbonyl (C=O) groups is 1. The molecule has 0 aliphatic carbocycles. The first-order chi connectivity index (χ1) is 14.3. The number of thiazole rings is 1. The molecular formula is C20H18F3N3O3S. The second kappa shape index (κ2) is 8.02. The van der Waals surface area contributed by atoms with Gasteiger partial charge in [0.1, 0.15) is 11.5 Å². The molecule has 4 rings (SSSR count). The Kier molecular flexibility index (Phi) is 5.42. The Labute approximate surface area is 174 Å². The average Bonchev–Trinajstić information content (AvgIpc) is 3.07. The van der Waals surface area contributed by atoms with Crippen LogP contribution in [-0.4, -0.2) is 37.5 Å². The molecule has 0 spiro atoms. The van der Waals surface area contributed by atoms with E-state index in [1.54, 1.807) is 18.4 Å². The van der Waals surface area contributed by atoms with Gasteiger partial charge in [0.15, 0.2) is 5.13 Å². The molecule has 158 valence electrons. The first-order valence-electron chi connectivity index (χ1n) is 9.12. The van der Waals surface area contributed by atoms with E-state index in [0.717, 1.165) is 21.1 Å². The van der Waals surface area contributed by atoms with Crippen molar-refractivity contribution in [3.8, 4) is 11.5 Å². The van der Waals surface area contributed by atoms with Crippen LogP contribution in [0.3, 0.4) is 0 Å². The number of hydrogen-bond acceptors (Lipinski definition) is 6. The van der Waals surface area contributed by atoms with Crippen LogP contribution >= 0.6 is 11.3 Å². The fourth-order valence-electron chi connectivity index (χ4n) is 3.10. The molecule has 1 N–H and O–H groups in total. The molecule has 2 heterocycles. The molecule has 2 aromatic carbocycles. The van der Waals surface area contributed by atoms with E-state index in [4.69, 9.17) is 4.74 Å². The summed E-state index contributed by atoms with van der Waals surface area (Å²) in [4.78, 5) is 19.0. The van der Waals surface area contributed by atoms with Crippen LogP contribution in [0.15, 0.2) is 42.5 Å². The number of rotatable bonds is 6. The molecule has 30 heavy (non-hydrogen) atoms. The van der Waals surface area contributed by atoms with Crippen LogP contribution in [0.1, 0.15) is 5.56 Å². The third-order valence-corrected chi connectivity index (χ3v) is 5.83. The topological polar surface area (TPSA) is 63.7 Å². The van der Waals surface area contributed by atoms with Gasteiger partial charge in [-0.3, -0.25) is 4.79 Å². The fourth-order valence-corrected chi connectivity index (χ4v) is 4.06. The largest absolute Gasteiger partial charge is 0.573 e. The van der Waals surface area contributed by atoms with Crippen LogP contribution in [0.4, 0.5) is 18.3 Å². The highest BCUT2D eigenvalue weighted by atomic mass is 32.1. The summed E-state index contributed by atoms with van der Waals surface area (Å²) in [5.41, 5.74) is 1.55. The highest BCUT2D eigenvalue weighted by Crippen LogP contribution is 2.34. The number of nitrogens with one attached hydrogen (secondary N) is 1. The summed E-state index contributed by atoms with van der Waals surface area (Å²) in [6.45, 7) is 1.38. The lowest BCUT2D eigenvalue weighted by Crippen LogP contribution is -2.53. The Balaban J connectivity index is 1.27. The zero-order valence-corrected chi connectivity index (χ0v) is 16.7. The van der Waals surface area contributed by atoms with Crippen molar-refractivity contribution in [2.45, 2.75) is 12.9 Å². The Bertz CT molecular complexity index is 1050. The molecule has 1 fully saturated rings. The normalized spacial score (nSPS) is 14.5. The standard InChI is InChI=1S/C20H18F3N3O3S/c1-28-15-6-7-17-16(8-15)25-19(30-17)26-10-13(11-26)18(27)24-9-12-2-4-14(5-3-12)29-20(21,22)23/h2-8,13H,9-11H2,1H3,(H,24,27). The molecule has 1 saturated heterocycles. The number of hydrogen-bond donors (Lipinski definition) is 1. The van der Waals surface area contributed by atoms with Gasteiger partial charge >= 0.3 is 6.36 Å². The summed E-state index contributed by atoms with van der Waals surface area (Å²) in [7, 11) is 1.61. The van der Waals surface area contributed by atoms with Crippen LogP contribution in [0, 0.1) is 5.92 Å². The number of nitrogens with zero attached hydrogens (tertiary/aromatic N) is 2. The molecule has 3 aromatic rings. The van der Waals surface area contributed by atoms with Crippen LogP contribution in [-0.2, 0) is 11.3 Å². The molecule has 1 aliphatic heterocycles. The van der Waals surface area contributed by atoms with Crippen molar-refractivity contribution in [2.75, 3.05) is 25.1 Å². The van der Waals surface area contributed by atoms with Crippen molar-refractivity contribution >= 4 is 32.6 Å². The summed E-state index contributed by atoms with van der Waals surface area (Å²) >= 11 is 1.57. The van der Waals surface area contributed by atoms with Crippen molar-refractivity contribution in [3.63, 3.8) is 0 Å². The van der Waals surface area contributed by atoms with Gasteiger partial charge in [-0.25, -0.2) is 4.98 Å². The van der Waals surface area contributed by atoms with Gasteiger partial charge in [0.2, 0.25) is 5.91 Å². The number of halogens is 3. The number of amides is 1. The quantitative estimate of drug-likeness (QED) is 0.633. The number of ether oxygens (including phenoxy) is 2. The van der Waals surface area contributed by atoms with E-state index >= 15 is 0 Å². The summed E-state index contributed by atoms with van der Waals surface area (Å²) in [6, 6.07) is 11.2. The number of alkyl halides is 3. The number of methoxy groups -OCH3 is 1. The van der Waals surface area contributed by atoms with Crippen LogP contribution in [0.2, 0.25) is 0 Å². The monoisotopic (exact) mass is 437 g/mol. The Morgan fingerprint density at radius 2 is 1.90 bits per heavy atom. The number of carbonyl (C=O) groups excluding carboxylic acids is 1. The lowest BCUT2D eigenvalue weighted by molar-refractivity contribution is -0.274. The van der Waals surface area contributed by atoms with E-state index < -0.39 is 6.36 Å². The Morgan fingerprint density at radius 3 is 2.57 bits per heavy atom. The van der Waals surface area contributed by atoms with Gasteiger partial charge in [0.25, 0.3) is 0 Å². The minimum absolute atomic E-state index is 0.0929. The molecule has 0 bridgehead atoms. The maximum atomic E-state index is 12.3. The fraction of sp³-hybridized carbons (Fsp3) is 0.300. The minimum atomic E-state index is -4.72. The van der Waals surface area contributed by atoms with Crippen molar-refractivity contribution in [3.05, 3.63) is 48.0 Å². The van der Waals surface area contributed by atoms with Gasteiger partial charge < -0.3 is 19.7 Å². The smallest absolute Gasteiger partial charge is 0.497 e. The van der Waals surface area contributed by atoms with E-state index in [-0.39, 0.29) is 24.1 Å². The van der Waals surface area contributed by atoms with E-state index in [9.17, 15) is 18.0 Å². The van der Waals surface area contributed by atoms with Crippen molar-refractivity contribution in [1.29, 1.82) is 0 Å². The van der Waals surface area contributed by atoms with Gasteiger partial charge in [-0.05, 0) is 29.8 Å². The minimum Gasteiger partial charge on any atom is -0.497 e. The predicted molar refractivity (Wildman–Crippen MR) is 107 cm³/mol. The second-order valence-corrected chi connectivity index (χ2v) is 7.85. The SMILES string of the molecule is COc1ccc2sc(N3CC(C(=O)NCc4ccc(OC(F)(F)F)cc4)C3)nc2c1. The first kappa shape index (κ1) is 20.3. The summed E-state index contributed by atoms with van der Waals surface area (Å²) in [5.74, 6) is 0.211. The third kappa shape index (κ3) is 4.59. The van der Waals surface area contributed by atoms with Crippen LogP contribution in [0.25, 0.3) is 10.2 Å². The predicted octanol–water partition coefficient (Wildman–Crippen LogP) is 3.96. The number of aromatic nitrogens is 1. The zero-order chi connectivity index (χ0) is 21.3. The van der Waals surface area contributed by atoms with Gasteiger partial charge in [0.05, 0.1) is 23.2 Å². The van der Waals surface area contributed by atoms with E-state index in [1.807, 2.05) is 23.1 Å². The molecule has 6 nitrogen and oxygen atoms in total. The Hall–Kier alpha value is -3.01. The van der Waals surface area contributed by atoms with Gasteiger partial charge in [-0.1, -0.05) is 23.5 Å². The summed E-state index contributed by atoms with van der Waals surface area (Å²) in [6.07, 6.45) is -4.72. The number of benzene rings is 2. The van der Waals surface area contributed by atoms with E-state index in [1.165, 1.54) is 24.3 Å². The highest BCUT2D eigenvalue weighted by Gasteiger charge is 2.34. The second-order valence-electron chi connectivity index (χ2n) is 6.84. The molecule has 1 amide bonds. The van der Waals surface area contributed by atoms with Gasteiger partial charge in [0, 0.05) is 25.7 Å². The zero-order valence-electron chi connectivity index (χ0n) is 15.9. The first-order valence-corrected chi connectivity index (χ1v) is 9.94. The van der Waals surface area contributed by atoms with E-state index in [0.29, 0.717) is 18.7 Å². The van der Waals surface area contributed by atoms with Crippen molar-refractivity contribution < 1.29 is 27.4 Å². The molecule has 0 unspecified atom stereocenters. The summed E-state index contributed by atoms with van der Waals surface area (Å²) < 4.78 is 46.7. The molecule has 1 aliphatic rings. The average molecular weight is 437 g/mol. The number of fused-ring (bicyclic) bond motifs is 1. The molecular weight excluding hydrogens is 419 g/mol. The maximum Gasteiger partial charge on any atom is 0.573 e. The third-order valence-electron chi connectivity index (χ3n) is 4.73. The molecule has 10 heteroatoms. The van der Waals surface area contributed by atoms with Gasteiger partial charge in [-0.2, -0.15) is 0 Å². The van der Waals surface area contributed by atoms with Crippen LogP contribution in [0.5, 0.6) is 11.5 Å². The molecule has 0 saturated carbocycles. The van der Waals surface area contributed by atoms with E-state index in [2.05, 4.69) is 15.0 Å². The highest BCUT2D eigenvalue weighted by molar-refractivity contribution is 7.22. The summed E-state index contributed by atoms with van der Waals surface area (Å²) in [5, 5.41) is 3.68. The lowest BCUT2D eigenvalue weighted by atomic mass is 10.00. The lowest BCUT2D eigenvalue weighted by Gasteiger charge is -2.37. The van der Waals surface area contributed by atoms with Crippen molar-refractivity contribution in [2.24, 2.45) is 5.92 Å².